The quantitative estimate of drug-likeness (QED) is 0.0222. The topological polar surface area (TPSA) is 237 Å². The van der Waals surface area contributed by atoms with Crippen molar-refractivity contribution >= 4 is 39.5 Å². The van der Waals surface area contributed by atoms with E-state index in [2.05, 4.69) is 41.5 Å². The van der Waals surface area contributed by atoms with Crippen LogP contribution in [0.4, 0.5) is 0 Å². The zero-order valence-electron chi connectivity index (χ0n) is 64.1. The lowest BCUT2D eigenvalue weighted by atomic mass is 10.0. The van der Waals surface area contributed by atoms with E-state index in [0.717, 1.165) is 95.8 Å². The first-order valence-corrected chi connectivity index (χ1v) is 44.0. The van der Waals surface area contributed by atoms with Crippen LogP contribution in [-0.2, 0) is 65.4 Å². The number of hydrogen-bond donors (Lipinski definition) is 3. The molecular weight excluding hydrogens is 1280 g/mol. The van der Waals surface area contributed by atoms with Gasteiger partial charge in [-0.15, -0.1) is 0 Å². The first-order chi connectivity index (χ1) is 47.4. The molecule has 98 heavy (non-hydrogen) atoms. The van der Waals surface area contributed by atoms with Gasteiger partial charge >= 0.3 is 39.5 Å². The highest BCUT2D eigenvalue weighted by molar-refractivity contribution is 7.47. The Morgan fingerprint density at radius 2 is 0.469 bits per heavy atom. The fourth-order valence-electron chi connectivity index (χ4n) is 12.2. The van der Waals surface area contributed by atoms with Gasteiger partial charge in [0.2, 0.25) is 0 Å². The lowest BCUT2D eigenvalue weighted by Gasteiger charge is -2.21. The number of phosphoric acid groups is 2. The maximum atomic E-state index is 13.1. The van der Waals surface area contributed by atoms with Crippen molar-refractivity contribution in [2.45, 2.75) is 432 Å². The van der Waals surface area contributed by atoms with Crippen molar-refractivity contribution in [3.05, 3.63) is 0 Å². The summed E-state index contributed by atoms with van der Waals surface area (Å²) < 4.78 is 68.5. The molecule has 0 radical (unpaired) electrons. The molecule has 0 aromatic carbocycles. The van der Waals surface area contributed by atoms with Crippen LogP contribution in [0.3, 0.4) is 0 Å². The molecule has 0 spiro atoms. The average Bonchev–Trinajstić information content (AvgIpc) is 1.13. The van der Waals surface area contributed by atoms with Crippen LogP contribution in [-0.4, -0.2) is 96.7 Å². The van der Waals surface area contributed by atoms with Gasteiger partial charge in [-0.1, -0.05) is 363 Å². The number of ether oxygens (including phenoxy) is 4. The standard InChI is InChI=1S/C79H154O17P2/c1-7-9-11-13-15-17-19-20-21-22-23-24-25-26-27-28-31-35-39-45-51-57-63-78(83)95-74(67-90-77(82)62-56-50-44-38-34-32-29-30-33-36-41-47-53-59-71(3)4)69-93-97(85,86)91-65-73(80)66-92-98(87,88)94-70-75(96-79(84)64-58-52-46-40-42-48-54-60-72(5)6)68-89-76(81)61-55-49-43-37-18-16-14-12-10-8-2/h71-75,80H,7-70H2,1-6H3,(H,85,86)(H,87,88)/t73-,74-,75-/m1/s1. The van der Waals surface area contributed by atoms with Crippen LogP contribution >= 0.6 is 15.6 Å². The molecule has 19 heteroatoms. The fraction of sp³-hybridized carbons (Fsp3) is 0.949. The first-order valence-electron chi connectivity index (χ1n) is 41.0. The van der Waals surface area contributed by atoms with Gasteiger partial charge in [-0.05, 0) is 37.5 Å². The highest BCUT2D eigenvalue weighted by Gasteiger charge is 2.30. The van der Waals surface area contributed by atoms with Gasteiger partial charge < -0.3 is 33.8 Å². The normalized spacial score (nSPS) is 13.9. The summed E-state index contributed by atoms with van der Waals surface area (Å²) in [5.74, 6) is -0.629. The van der Waals surface area contributed by atoms with Crippen molar-refractivity contribution in [1.29, 1.82) is 0 Å². The number of unbranched alkanes of at least 4 members (excludes halogenated alkanes) is 48. The molecule has 0 aliphatic rings. The van der Waals surface area contributed by atoms with E-state index in [9.17, 15) is 43.2 Å². The van der Waals surface area contributed by atoms with E-state index in [0.29, 0.717) is 31.6 Å². The number of aliphatic hydroxyl groups is 1. The van der Waals surface area contributed by atoms with Gasteiger partial charge in [0.15, 0.2) is 12.2 Å². The zero-order valence-corrected chi connectivity index (χ0v) is 65.9. The Hall–Kier alpha value is -1.94. The summed E-state index contributed by atoms with van der Waals surface area (Å²) in [4.78, 5) is 72.8. The molecule has 0 heterocycles. The minimum absolute atomic E-state index is 0.104. The van der Waals surface area contributed by atoms with Gasteiger partial charge in [0.05, 0.1) is 26.4 Å². The maximum absolute atomic E-state index is 13.1. The molecular formula is C79H154O17P2. The minimum atomic E-state index is -4.96. The average molecular weight is 1440 g/mol. The molecule has 2 unspecified atom stereocenters. The summed E-state index contributed by atoms with van der Waals surface area (Å²) >= 11 is 0. The first kappa shape index (κ1) is 96.1. The molecule has 17 nitrogen and oxygen atoms in total. The minimum Gasteiger partial charge on any atom is -0.462 e. The van der Waals surface area contributed by atoms with E-state index in [1.807, 2.05) is 0 Å². The van der Waals surface area contributed by atoms with Crippen LogP contribution in [0.1, 0.15) is 414 Å². The molecule has 0 fully saturated rings. The molecule has 0 saturated heterocycles. The molecule has 0 rings (SSSR count). The summed E-state index contributed by atoms with van der Waals surface area (Å²) in [6.07, 6.45) is 59.9. The maximum Gasteiger partial charge on any atom is 0.472 e. The van der Waals surface area contributed by atoms with Crippen molar-refractivity contribution in [2.75, 3.05) is 39.6 Å². The second-order valence-electron chi connectivity index (χ2n) is 29.4. The smallest absolute Gasteiger partial charge is 0.462 e. The molecule has 0 aromatic heterocycles. The summed E-state index contributed by atoms with van der Waals surface area (Å²) in [7, 11) is -9.91. The van der Waals surface area contributed by atoms with Gasteiger partial charge in [0.25, 0.3) is 0 Å². The van der Waals surface area contributed by atoms with E-state index in [4.69, 9.17) is 37.0 Å². The molecule has 0 aliphatic carbocycles. The Kier molecular flexibility index (Phi) is 69.3. The van der Waals surface area contributed by atoms with Gasteiger partial charge in [-0.25, -0.2) is 9.13 Å². The molecule has 582 valence electrons. The van der Waals surface area contributed by atoms with E-state index in [-0.39, 0.29) is 25.7 Å². The predicted octanol–water partition coefficient (Wildman–Crippen LogP) is 23.5. The van der Waals surface area contributed by atoms with Gasteiger partial charge in [0.1, 0.15) is 19.3 Å². The molecule has 0 aliphatic heterocycles. The number of esters is 4. The van der Waals surface area contributed by atoms with Crippen molar-refractivity contribution < 1.29 is 80.2 Å². The summed E-state index contributed by atoms with van der Waals surface area (Å²) in [6, 6.07) is 0. The van der Waals surface area contributed by atoms with Crippen LogP contribution in [0.2, 0.25) is 0 Å². The zero-order chi connectivity index (χ0) is 72.1. The summed E-state index contributed by atoms with van der Waals surface area (Å²) in [5.41, 5.74) is 0. The van der Waals surface area contributed by atoms with Crippen LogP contribution in [0.25, 0.3) is 0 Å². The van der Waals surface area contributed by atoms with E-state index >= 15 is 0 Å². The molecule has 3 N–H and O–H groups in total. The van der Waals surface area contributed by atoms with Crippen LogP contribution in [0.5, 0.6) is 0 Å². The molecule has 0 bridgehead atoms. The third-order valence-corrected chi connectivity index (χ3v) is 20.4. The van der Waals surface area contributed by atoms with E-state index in [1.165, 1.54) is 231 Å². The third kappa shape index (κ3) is 72.4. The van der Waals surface area contributed by atoms with Gasteiger partial charge in [-0.2, -0.15) is 0 Å². The fourth-order valence-corrected chi connectivity index (χ4v) is 13.8. The molecule has 0 aromatic rings. The van der Waals surface area contributed by atoms with Crippen molar-refractivity contribution in [3.63, 3.8) is 0 Å². The Morgan fingerprint density at radius 1 is 0.276 bits per heavy atom. The van der Waals surface area contributed by atoms with Crippen molar-refractivity contribution in [3.8, 4) is 0 Å². The van der Waals surface area contributed by atoms with Crippen LogP contribution in [0, 0.1) is 11.8 Å². The predicted molar refractivity (Wildman–Crippen MR) is 400 cm³/mol. The second kappa shape index (κ2) is 70.7. The lowest BCUT2D eigenvalue weighted by molar-refractivity contribution is -0.161. The molecule has 5 atom stereocenters. The Labute approximate surface area is 600 Å². The number of carbonyl (C=O) groups excluding carboxylic acids is 4. The monoisotopic (exact) mass is 1440 g/mol. The SMILES string of the molecule is CCCCCCCCCCCCCCCCCCCCCCCCC(=O)O[C@H](COC(=O)CCCCCCCCCCCCCCCC(C)C)COP(=O)(O)OC[C@@H](O)COP(=O)(O)OC[C@@H](COC(=O)CCCCCCCCCCCC)OC(=O)CCCCCCCCCC(C)C. The second-order valence-corrected chi connectivity index (χ2v) is 32.3. The summed E-state index contributed by atoms with van der Waals surface area (Å²) in [5, 5.41) is 10.6. The Bertz CT molecular complexity index is 1890. The van der Waals surface area contributed by atoms with Gasteiger partial charge in [-0.3, -0.25) is 37.3 Å². The molecule has 0 amide bonds. The third-order valence-electron chi connectivity index (χ3n) is 18.5. The number of hydrogen-bond acceptors (Lipinski definition) is 15. The highest BCUT2D eigenvalue weighted by Crippen LogP contribution is 2.45. The summed E-state index contributed by atoms with van der Waals surface area (Å²) in [6.45, 7) is 9.56. The van der Waals surface area contributed by atoms with E-state index in [1.54, 1.807) is 0 Å². The Balaban J connectivity index is 5.18. The van der Waals surface area contributed by atoms with Crippen molar-refractivity contribution in [1.82, 2.24) is 0 Å². The lowest BCUT2D eigenvalue weighted by Crippen LogP contribution is -2.30. The number of rotatable bonds is 78. The number of phosphoric ester groups is 2. The molecule has 0 saturated carbocycles. The Morgan fingerprint density at radius 3 is 0.694 bits per heavy atom. The largest absolute Gasteiger partial charge is 0.472 e. The van der Waals surface area contributed by atoms with E-state index < -0.39 is 97.5 Å². The van der Waals surface area contributed by atoms with Crippen LogP contribution < -0.4 is 0 Å². The van der Waals surface area contributed by atoms with Crippen LogP contribution in [0.15, 0.2) is 0 Å². The number of carbonyl (C=O) groups is 4. The highest BCUT2D eigenvalue weighted by atomic mass is 31.2. The van der Waals surface area contributed by atoms with Crippen molar-refractivity contribution in [2.24, 2.45) is 11.8 Å². The number of aliphatic hydroxyl groups excluding tert-OH is 1. The van der Waals surface area contributed by atoms with Gasteiger partial charge in [0, 0.05) is 25.7 Å².